The molecule has 33 heavy (non-hydrogen) atoms. The number of hydrogen-bond acceptors (Lipinski definition) is 5. The predicted octanol–water partition coefficient (Wildman–Crippen LogP) is 6.26. The molecule has 0 bridgehead atoms. The smallest absolute Gasteiger partial charge is 0.422 e. The highest BCUT2D eigenvalue weighted by atomic mass is 19.4. The molecule has 1 heterocycles. The van der Waals surface area contributed by atoms with Gasteiger partial charge in [0.1, 0.15) is 5.75 Å². The first-order chi connectivity index (χ1) is 15.6. The Labute approximate surface area is 188 Å². The maximum absolute atomic E-state index is 12.8. The molecule has 1 N–H and O–H groups in total. The van der Waals surface area contributed by atoms with Crippen LogP contribution in [0.1, 0.15) is 54.9 Å². The van der Waals surface area contributed by atoms with E-state index < -0.39 is 18.8 Å². The molecule has 0 saturated heterocycles. The van der Waals surface area contributed by atoms with Crippen LogP contribution < -0.4 is 4.74 Å². The number of halogens is 3. The topological polar surface area (TPSA) is 85.5 Å². The van der Waals surface area contributed by atoms with E-state index in [0.717, 1.165) is 32.1 Å². The Balaban J connectivity index is 1.67. The fourth-order valence-corrected chi connectivity index (χ4v) is 4.24. The molecule has 1 aromatic heterocycles. The van der Waals surface area contributed by atoms with E-state index in [4.69, 9.17) is 14.4 Å². The number of ether oxygens (including phenoxy) is 1. The van der Waals surface area contributed by atoms with Crippen molar-refractivity contribution in [3.63, 3.8) is 0 Å². The van der Waals surface area contributed by atoms with E-state index in [1.807, 2.05) is 0 Å². The van der Waals surface area contributed by atoms with Gasteiger partial charge in [-0.25, -0.2) is 4.79 Å². The summed E-state index contributed by atoms with van der Waals surface area (Å²) >= 11 is 0. The number of hydrogen-bond donors (Lipinski definition) is 1. The Hall–Kier alpha value is -3.36. The highest BCUT2D eigenvalue weighted by Crippen LogP contribution is 2.44. The van der Waals surface area contributed by atoms with Gasteiger partial charge in [0, 0.05) is 16.7 Å². The maximum Gasteiger partial charge on any atom is 0.422 e. The second-order valence-electron chi connectivity index (χ2n) is 8.54. The molecule has 1 fully saturated rings. The number of aromatic nitrogens is 2. The van der Waals surface area contributed by atoms with Crippen LogP contribution in [0.4, 0.5) is 13.2 Å². The first kappa shape index (κ1) is 22.8. The molecule has 1 aliphatic carbocycles. The van der Waals surface area contributed by atoms with E-state index >= 15 is 0 Å². The number of rotatable bonds is 6. The van der Waals surface area contributed by atoms with Gasteiger partial charge in [-0.3, -0.25) is 0 Å². The standard InChI is InChI=1S/C24H23F3N2O4/c1-23(11-3-2-4-12-23)18-13-17(9-10-19(18)32-14-24(25,26)27)20-28-21(33-29-20)15-5-7-16(8-6-15)22(30)31/h5-10,13H,2-4,11-12,14H2,1H3,(H,30,31). The molecule has 4 rings (SSSR count). The lowest BCUT2D eigenvalue weighted by molar-refractivity contribution is -0.153. The quantitative estimate of drug-likeness (QED) is 0.467. The summed E-state index contributed by atoms with van der Waals surface area (Å²) in [7, 11) is 0. The Morgan fingerprint density at radius 1 is 1.09 bits per heavy atom. The highest BCUT2D eigenvalue weighted by molar-refractivity contribution is 5.88. The van der Waals surface area contributed by atoms with Gasteiger partial charge in [-0.1, -0.05) is 31.3 Å². The molecule has 1 saturated carbocycles. The third-order valence-corrected chi connectivity index (χ3v) is 6.04. The molecular formula is C24H23F3N2O4. The van der Waals surface area contributed by atoms with Crippen LogP contribution in [0.15, 0.2) is 47.0 Å². The number of alkyl halides is 3. The summed E-state index contributed by atoms with van der Waals surface area (Å²) in [5.74, 6) is -0.321. The molecule has 0 atom stereocenters. The summed E-state index contributed by atoms with van der Waals surface area (Å²) in [6.45, 7) is 0.700. The van der Waals surface area contributed by atoms with Gasteiger partial charge in [0.15, 0.2) is 6.61 Å². The SMILES string of the molecule is CC1(c2cc(-c3noc(-c4ccc(C(=O)O)cc4)n3)ccc2OCC(F)(F)F)CCCCC1. The molecule has 0 radical (unpaired) electrons. The molecule has 174 valence electrons. The Bertz CT molecular complexity index is 1130. The zero-order valence-corrected chi connectivity index (χ0v) is 18.0. The molecule has 0 unspecified atom stereocenters. The van der Waals surface area contributed by atoms with Gasteiger partial charge in [-0.15, -0.1) is 0 Å². The van der Waals surface area contributed by atoms with E-state index in [1.54, 1.807) is 24.3 Å². The average molecular weight is 460 g/mol. The van der Waals surface area contributed by atoms with Crippen molar-refractivity contribution < 1.29 is 32.3 Å². The lowest BCUT2D eigenvalue weighted by atomic mass is 9.70. The van der Waals surface area contributed by atoms with E-state index in [-0.39, 0.29) is 28.4 Å². The van der Waals surface area contributed by atoms with Gasteiger partial charge >= 0.3 is 12.1 Å². The fourth-order valence-electron chi connectivity index (χ4n) is 4.24. The fraction of sp³-hybridized carbons (Fsp3) is 0.375. The van der Waals surface area contributed by atoms with Gasteiger partial charge in [0.25, 0.3) is 5.89 Å². The zero-order chi connectivity index (χ0) is 23.6. The van der Waals surface area contributed by atoms with Crippen molar-refractivity contribution in [1.82, 2.24) is 10.1 Å². The van der Waals surface area contributed by atoms with Crippen LogP contribution >= 0.6 is 0 Å². The van der Waals surface area contributed by atoms with Crippen LogP contribution in [0.25, 0.3) is 22.8 Å². The predicted molar refractivity (Wildman–Crippen MR) is 114 cm³/mol. The second kappa shape index (κ2) is 8.88. The van der Waals surface area contributed by atoms with Crippen molar-refractivity contribution in [3.05, 3.63) is 53.6 Å². The van der Waals surface area contributed by atoms with Crippen molar-refractivity contribution in [2.45, 2.75) is 50.6 Å². The Kier molecular flexibility index (Phi) is 6.14. The van der Waals surface area contributed by atoms with Crippen LogP contribution in [-0.2, 0) is 5.41 Å². The largest absolute Gasteiger partial charge is 0.484 e. The van der Waals surface area contributed by atoms with E-state index in [9.17, 15) is 18.0 Å². The van der Waals surface area contributed by atoms with E-state index in [0.29, 0.717) is 16.7 Å². The van der Waals surface area contributed by atoms with Gasteiger partial charge in [0.05, 0.1) is 5.56 Å². The number of carboxylic acid groups (broad SMARTS) is 1. The number of carboxylic acids is 1. The minimum Gasteiger partial charge on any atom is -0.484 e. The van der Waals surface area contributed by atoms with E-state index in [1.165, 1.54) is 18.2 Å². The van der Waals surface area contributed by atoms with Crippen molar-refractivity contribution in [2.75, 3.05) is 6.61 Å². The molecule has 6 nitrogen and oxygen atoms in total. The minimum absolute atomic E-state index is 0.137. The van der Waals surface area contributed by atoms with Crippen LogP contribution in [-0.4, -0.2) is 34.0 Å². The molecule has 2 aromatic carbocycles. The van der Waals surface area contributed by atoms with Gasteiger partial charge in [-0.05, 0) is 60.7 Å². The lowest BCUT2D eigenvalue weighted by Crippen LogP contribution is -2.27. The van der Waals surface area contributed by atoms with Crippen LogP contribution in [0.5, 0.6) is 5.75 Å². The summed E-state index contributed by atoms with van der Waals surface area (Å²) in [6.07, 6.45) is 0.375. The minimum atomic E-state index is -4.43. The maximum atomic E-state index is 12.8. The van der Waals surface area contributed by atoms with Crippen LogP contribution in [0.3, 0.4) is 0 Å². The number of carbonyl (C=O) groups is 1. The molecule has 0 aliphatic heterocycles. The Morgan fingerprint density at radius 3 is 2.39 bits per heavy atom. The third kappa shape index (κ3) is 5.18. The van der Waals surface area contributed by atoms with Crippen molar-refractivity contribution >= 4 is 5.97 Å². The number of nitrogens with zero attached hydrogens (tertiary/aromatic N) is 2. The first-order valence-electron chi connectivity index (χ1n) is 10.7. The lowest BCUT2D eigenvalue weighted by Gasteiger charge is -2.35. The summed E-state index contributed by atoms with van der Waals surface area (Å²) in [5, 5.41) is 13.1. The summed E-state index contributed by atoms with van der Waals surface area (Å²) in [5.41, 5.74) is 1.70. The normalized spacial score (nSPS) is 15.9. The average Bonchev–Trinajstić information content (AvgIpc) is 3.28. The zero-order valence-electron chi connectivity index (χ0n) is 18.0. The highest BCUT2D eigenvalue weighted by Gasteiger charge is 2.34. The van der Waals surface area contributed by atoms with E-state index in [2.05, 4.69) is 17.1 Å². The summed E-state index contributed by atoms with van der Waals surface area (Å²) in [6, 6.07) is 11.0. The van der Waals surface area contributed by atoms with Crippen molar-refractivity contribution in [2.24, 2.45) is 0 Å². The molecule has 0 amide bonds. The van der Waals surface area contributed by atoms with Crippen molar-refractivity contribution in [1.29, 1.82) is 0 Å². The molecule has 1 aliphatic rings. The first-order valence-corrected chi connectivity index (χ1v) is 10.7. The monoisotopic (exact) mass is 460 g/mol. The number of aromatic carboxylic acids is 1. The van der Waals surface area contributed by atoms with Crippen LogP contribution in [0, 0.1) is 0 Å². The van der Waals surface area contributed by atoms with Gasteiger partial charge in [0.2, 0.25) is 5.82 Å². The van der Waals surface area contributed by atoms with Gasteiger partial charge in [-0.2, -0.15) is 18.2 Å². The Morgan fingerprint density at radius 2 is 1.76 bits per heavy atom. The third-order valence-electron chi connectivity index (χ3n) is 6.04. The van der Waals surface area contributed by atoms with Crippen molar-refractivity contribution in [3.8, 4) is 28.6 Å². The van der Waals surface area contributed by atoms with Crippen LogP contribution in [0.2, 0.25) is 0 Å². The summed E-state index contributed by atoms with van der Waals surface area (Å²) < 4.78 is 48.9. The molecule has 3 aromatic rings. The van der Waals surface area contributed by atoms with Gasteiger partial charge < -0.3 is 14.4 Å². The molecule has 9 heteroatoms. The molecular weight excluding hydrogens is 437 g/mol. The molecule has 0 spiro atoms. The number of benzene rings is 2. The summed E-state index contributed by atoms with van der Waals surface area (Å²) in [4.78, 5) is 15.4. The second-order valence-corrected chi connectivity index (χ2v) is 8.54.